The highest BCUT2D eigenvalue weighted by molar-refractivity contribution is 7.87. The number of carbonyl (C=O) groups excluding carboxylic acids is 1. The van der Waals surface area contributed by atoms with Crippen LogP contribution in [0.4, 0.5) is 13.2 Å². The maximum Gasteiger partial charge on any atom is 0.412 e. The molecular weight excluding hydrogens is 471 g/mol. The SMILES string of the molecule is CC(Cc1ccccc1)=NOS(=O)(=O)C(F)(F)C(F)CCOC(=O)C1(CC(C)(C)C)CC1(C)C. The molecule has 2 rings (SSSR count). The van der Waals surface area contributed by atoms with E-state index in [2.05, 4.69) is 9.44 Å². The molecule has 0 aromatic heterocycles. The molecule has 0 radical (unpaired) electrons. The van der Waals surface area contributed by atoms with E-state index >= 15 is 0 Å². The second kappa shape index (κ2) is 9.87. The summed E-state index contributed by atoms with van der Waals surface area (Å²) in [5, 5.41) is -1.63. The molecule has 1 fully saturated rings. The first kappa shape index (κ1) is 28.1. The van der Waals surface area contributed by atoms with E-state index in [0.717, 1.165) is 5.56 Å². The average molecular weight is 506 g/mol. The highest BCUT2D eigenvalue weighted by Gasteiger charge is 2.68. The average Bonchev–Trinajstić information content (AvgIpc) is 3.26. The third kappa shape index (κ3) is 6.52. The summed E-state index contributed by atoms with van der Waals surface area (Å²) in [5.74, 6) is -0.580. The fourth-order valence-electron chi connectivity index (χ4n) is 4.14. The number of hydrogen-bond donors (Lipinski definition) is 0. The molecule has 192 valence electrons. The first-order valence-electron chi connectivity index (χ1n) is 11.1. The number of nitrogens with zero attached hydrogens (tertiary/aromatic N) is 1. The van der Waals surface area contributed by atoms with E-state index in [0.29, 0.717) is 12.8 Å². The van der Waals surface area contributed by atoms with Crippen LogP contribution in [0.1, 0.15) is 66.4 Å². The van der Waals surface area contributed by atoms with Crippen LogP contribution < -0.4 is 0 Å². The lowest BCUT2D eigenvalue weighted by Gasteiger charge is -2.27. The van der Waals surface area contributed by atoms with Crippen molar-refractivity contribution in [2.75, 3.05) is 6.61 Å². The molecule has 0 bridgehead atoms. The predicted octanol–water partition coefficient (Wildman–Crippen LogP) is 5.67. The van der Waals surface area contributed by atoms with Crippen LogP contribution >= 0.6 is 0 Å². The molecule has 1 aliphatic rings. The number of oxime groups is 1. The Kier molecular flexibility index (Phi) is 8.17. The van der Waals surface area contributed by atoms with Crippen LogP contribution in [-0.2, 0) is 30.4 Å². The minimum Gasteiger partial charge on any atom is -0.465 e. The monoisotopic (exact) mass is 505 g/mol. The summed E-state index contributed by atoms with van der Waals surface area (Å²) in [4.78, 5) is 12.7. The number of esters is 1. The van der Waals surface area contributed by atoms with E-state index in [9.17, 15) is 26.4 Å². The highest BCUT2D eigenvalue weighted by Crippen LogP contribution is 2.68. The Morgan fingerprint density at radius 2 is 1.74 bits per heavy atom. The van der Waals surface area contributed by atoms with Crippen molar-refractivity contribution in [3.05, 3.63) is 35.9 Å². The number of benzene rings is 1. The molecule has 1 saturated carbocycles. The second-order valence-electron chi connectivity index (χ2n) is 10.9. The minimum absolute atomic E-state index is 0.117. The van der Waals surface area contributed by atoms with Crippen LogP contribution in [0.5, 0.6) is 0 Å². The molecule has 0 amide bonds. The third-order valence-electron chi connectivity index (χ3n) is 6.03. The van der Waals surface area contributed by atoms with Crippen LogP contribution in [0.3, 0.4) is 0 Å². The number of ether oxygens (including phenoxy) is 1. The van der Waals surface area contributed by atoms with Crippen LogP contribution in [0.2, 0.25) is 0 Å². The maximum absolute atomic E-state index is 14.3. The van der Waals surface area contributed by atoms with E-state index in [-0.39, 0.29) is 23.0 Å². The van der Waals surface area contributed by atoms with Gasteiger partial charge in [-0.05, 0) is 36.2 Å². The van der Waals surface area contributed by atoms with Crippen molar-refractivity contribution in [2.24, 2.45) is 21.4 Å². The molecule has 1 aromatic carbocycles. The van der Waals surface area contributed by atoms with Crippen LogP contribution in [0.25, 0.3) is 0 Å². The minimum atomic E-state index is -5.69. The predicted molar refractivity (Wildman–Crippen MR) is 124 cm³/mol. The van der Waals surface area contributed by atoms with Crippen molar-refractivity contribution in [1.29, 1.82) is 0 Å². The first-order valence-corrected chi connectivity index (χ1v) is 12.5. The zero-order valence-electron chi connectivity index (χ0n) is 20.5. The molecule has 34 heavy (non-hydrogen) atoms. The Morgan fingerprint density at radius 3 is 2.24 bits per heavy atom. The Balaban J connectivity index is 1.94. The van der Waals surface area contributed by atoms with E-state index in [1.165, 1.54) is 6.92 Å². The molecule has 1 aliphatic carbocycles. The van der Waals surface area contributed by atoms with E-state index in [1.54, 1.807) is 30.3 Å². The molecule has 0 aliphatic heterocycles. The van der Waals surface area contributed by atoms with Crippen LogP contribution in [-0.4, -0.2) is 38.1 Å². The molecule has 1 aromatic rings. The van der Waals surface area contributed by atoms with Gasteiger partial charge in [0.25, 0.3) is 0 Å². The standard InChI is InChI=1S/C24H34F3NO5S/c1-17(14-18-10-8-7-9-11-18)28-33-34(30,31)24(26,27)19(25)12-13-32-20(29)23(15-21(2,3)4)16-22(23,5)6/h7-11,19H,12-16H2,1-6H3. The number of rotatable bonds is 11. The van der Waals surface area contributed by atoms with Gasteiger partial charge in [0.2, 0.25) is 0 Å². The lowest BCUT2D eigenvalue weighted by molar-refractivity contribution is -0.154. The van der Waals surface area contributed by atoms with Gasteiger partial charge in [-0.3, -0.25) is 9.08 Å². The summed E-state index contributed by atoms with van der Waals surface area (Å²) in [6, 6.07) is 8.78. The summed E-state index contributed by atoms with van der Waals surface area (Å²) in [7, 11) is -5.69. The Morgan fingerprint density at radius 1 is 1.18 bits per heavy atom. The van der Waals surface area contributed by atoms with Crippen molar-refractivity contribution in [3.63, 3.8) is 0 Å². The zero-order chi connectivity index (χ0) is 26.0. The molecular formula is C24H34F3NO5S. The number of hydrogen-bond acceptors (Lipinski definition) is 6. The van der Waals surface area contributed by atoms with Crippen molar-refractivity contribution >= 4 is 21.8 Å². The summed E-state index contributed by atoms with van der Waals surface area (Å²) in [6.07, 6.45) is -2.86. The molecule has 0 spiro atoms. The number of alkyl halides is 3. The van der Waals surface area contributed by atoms with Crippen molar-refractivity contribution < 1.29 is 35.4 Å². The fraction of sp³-hybridized carbons (Fsp3) is 0.667. The van der Waals surface area contributed by atoms with Gasteiger partial charge in [-0.25, -0.2) is 4.39 Å². The summed E-state index contributed by atoms with van der Waals surface area (Å²) in [6.45, 7) is 10.5. The van der Waals surface area contributed by atoms with Crippen LogP contribution in [0, 0.1) is 16.2 Å². The van der Waals surface area contributed by atoms with E-state index in [4.69, 9.17) is 4.74 Å². The zero-order valence-corrected chi connectivity index (χ0v) is 21.3. The second-order valence-corrected chi connectivity index (χ2v) is 12.5. The van der Waals surface area contributed by atoms with Crippen molar-refractivity contribution in [3.8, 4) is 0 Å². The van der Waals surface area contributed by atoms with Gasteiger partial charge in [0, 0.05) is 12.8 Å². The first-order chi connectivity index (χ1) is 15.4. The smallest absolute Gasteiger partial charge is 0.412 e. The Bertz CT molecular complexity index is 1000. The highest BCUT2D eigenvalue weighted by atomic mass is 32.2. The van der Waals surface area contributed by atoms with Crippen molar-refractivity contribution in [1.82, 2.24) is 0 Å². The van der Waals surface area contributed by atoms with Gasteiger partial charge < -0.3 is 4.74 Å². The van der Waals surface area contributed by atoms with Gasteiger partial charge in [-0.15, -0.1) is 0 Å². The van der Waals surface area contributed by atoms with Gasteiger partial charge in [-0.2, -0.15) is 17.2 Å². The summed E-state index contributed by atoms with van der Waals surface area (Å²) in [5.41, 5.74) is -0.369. The molecule has 10 heteroatoms. The normalized spacial score (nSPS) is 21.6. The maximum atomic E-state index is 14.3. The Hall–Kier alpha value is -2.10. The quantitative estimate of drug-likeness (QED) is 0.220. The molecule has 0 heterocycles. The van der Waals surface area contributed by atoms with E-state index < -0.39 is 46.0 Å². The summed E-state index contributed by atoms with van der Waals surface area (Å²) < 4.78 is 75.9. The topological polar surface area (TPSA) is 82.0 Å². The number of halogens is 3. The van der Waals surface area contributed by atoms with Gasteiger partial charge in [0.15, 0.2) is 6.17 Å². The van der Waals surface area contributed by atoms with Gasteiger partial charge in [-0.1, -0.05) is 70.1 Å². The lowest BCUT2D eigenvalue weighted by Crippen LogP contribution is -2.40. The lowest BCUT2D eigenvalue weighted by atomic mass is 9.79. The molecule has 0 N–H and O–H groups in total. The van der Waals surface area contributed by atoms with Crippen LogP contribution in [0.15, 0.2) is 35.5 Å². The molecule has 0 saturated heterocycles. The molecule has 2 atom stereocenters. The molecule has 6 nitrogen and oxygen atoms in total. The fourth-order valence-corrected chi connectivity index (χ4v) is 4.90. The largest absolute Gasteiger partial charge is 0.465 e. The van der Waals surface area contributed by atoms with Gasteiger partial charge in [0.05, 0.1) is 17.7 Å². The summed E-state index contributed by atoms with van der Waals surface area (Å²) >= 11 is 0. The van der Waals surface area contributed by atoms with Gasteiger partial charge in [0.1, 0.15) is 0 Å². The van der Waals surface area contributed by atoms with E-state index in [1.807, 2.05) is 34.6 Å². The number of carbonyl (C=O) groups is 1. The van der Waals surface area contributed by atoms with Gasteiger partial charge >= 0.3 is 21.3 Å². The molecule has 2 unspecified atom stereocenters. The Labute approximate surface area is 200 Å². The van der Waals surface area contributed by atoms with Crippen molar-refractivity contribution in [2.45, 2.75) is 78.7 Å². The third-order valence-corrected chi connectivity index (χ3v) is 7.23.